The van der Waals surface area contributed by atoms with Crippen LogP contribution in [0.4, 0.5) is 11.6 Å². The van der Waals surface area contributed by atoms with E-state index in [9.17, 15) is 5.26 Å². The Labute approximate surface area is 125 Å². The fourth-order valence-electron chi connectivity index (χ4n) is 2.48. The molecule has 3 rings (SSSR count). The molecule has 1 aromatic heterocycles. The van der Waals surface area contributed by atoms with Crippen molar-refractivity contribution in [3.63, 3.8) is 0 Å². The third-order valence-corrected chi connectivity index (χ3v) is 4.17. The van der Waals surface area contributed by atoms with Gasteiger partial charge in [-0.15, -0.1) is 5.10 Å². The minimum atomic E-state index is 0.390. The Bertz CT molecular complexity index is 679. The molecule has 20 heavy (non-hydrogen) atoms. The van der Waals surface area contributed by atoms with Crippen LogP contribution in [-0.4, -0.2) is 22.9 Å². The standard InChI is InChI=1S/C14H14BrN5/c15-11-5-1-2-6-12(11)20-13(17)10(9-16)14(18-20)19-7-3-4-8-19/h1-2,5-6H,3-4,7-8,17H2. The highest BCUT2D eigenvalue weighted by molar-refractivity contribution is 9.10. The van der Waals surface area contributed by atoms with Gasteiger partial charge in [0, 0.05) is 17.6 Å². The maximum Gasteiger partial charge on any atom is 0.171 e. The van der Waals surface area contributed by atoms with E-state index < -0.39 is 0 Å². The van der Waals surface area contributed by atoms with E-state index in [1.165, 1.54) is 0 Å². The number of aromatic nitrogens is 2. The maximum atomic E-state index is 9.37. The van der Waals surface area contributed by atoms with Crippen molar-refractivity contribution in [2.45, 2.75) is 12.8 Å². The van der Waals surface area contributed by atoms with Gasteiger partial charge in [-0.25, -0.2) is 4.68 Å². The summed E-state index contributed by atoms with van der Waals surface area (Å²) in [5, 5.41) is 13.9. The highest BCUT2D eigenvalue weighted by Gasteiger charge is 2.24. The molecule has 102 valence electrons. The summed E-state index contributed by atoms with van der Waals surface area (Å²) in [4.78, 5) is 2.13. The average molecular weight is 332 g/mol. The predicted octanol–water partition coefficient (Wildman–Crippen LogP) is 2.69. The van der Waals surface area contributed by atoms with Crippen LogP contribution in [0, 0.1) is 11.3 Å². The lowest BCUT2D eigenvalue weighted by atomic mass is 10.3. The van der Waals surface area contributed by atoms with Crippen molar-refractivity contribution in [2.24, 2.45) is 0 Å². The van der Waals surface area contributed by atoms with E-state index in [-0.39, 0.29) is 0 Å². The zero-order valence-electron chi connectivity index (χ0n) is 10.9. The quantitative estimate of drug-likeness (QED) is 0.918. The first kappa shape index (κ1) is 13.0. The van der Waals surface area contributed by atoms with E-state index in [0.717, 1.165) is 36.1 Å². The number of nitrogens with two attached hydrogens (primary N) is 1. The number of benzene rings is 1. The van der Waals surface area contributed by atoms with Crippen molar-refractivity contribution < 1.29 is 0 Å². The maximum absolute atomic E-state index is 9.37. The van der Waals surface area contributed by atoms with E-state index in [2.05, 4.69) is 32.0 Å². The average Bonchev–Trinajstić information content (AvgIpc) is 3.07. The van der Waals surface area contributed by atoms with Gasteiger partial charge in [-0.05, 0) is 40.9 Å². The number of rotatable bonds is 2. The molecular formula is C14H14BrN5. The van der Waals surface area contributed by atoms with Gasteiger partial charge in [0.15, 0.2) is 5.82 Å². The first-order valence-corrected chi connectivity index (χ1v) is 7.30. The van der Waals surface area contributed by atoms with Gasteiger partial charge in [0.2, 0.25) is 0 Å². The van der Waals surface area contributed by atoms with Crippen LogP contribution >= 0.6 is 15.9 Å². The zero-order chi connectivity index (χ0) is 14.1. The summed E-state index contributed by atoms with van der Waals surface area (Å²) in [5.41, 5.74) is 7.41. The topological polar surface area (TPSA) is 70.9 Å². The number of nitrogens with zero attached hydrogens (tertiary/aromatic N) is 4. The summed E-state index contributed by atoms with van der Waals surface area (Å²) in [6, 6.07) is 9.88. The number of nitriles is 1. The monoisotopic (exact) mass is 331 g/mol. The summed E-state index contributed by atoms with van der Waals surface area (Å²) in [6.45, 7) is 1.86. The Morgan fingerprint density at radius 3 is 2.60 bits per heavy atom. The third-order valence-electron chi connectivity index (χ3n) is 3.50. The largest absolute Gasteiger partial charge is 0.382 e. The Hall–Kier alpha value is -2.00. The van der Waals surface area contributed by atoms with Crippen molar-refractivity contribution in [2.75, 3.05) is 23.7 Å². The van der Waals surface area contributed by atoms with Gasteiger partial charge < -0.3 is 10.6 Å². The normalized spacial score (nSPS) is 14.5. The molecule has 0 bridgehead atoms. The molecule has 0 atom stereocenters. The molecule has 6 heteroatoms. The smallest absolute Gasteiger partial charge is 0.171 e. The van der Waals surface area contributed by atoms with Gasteiger partial charge in [0.1, 0.15) is 17.5 Å². The predicted molar refractivity (Wildman–Crippen MR) is 81.8 cm³/mol. The van der Waals surface area contributed by atoms with Crippen LogP contribution in [-0.2, 0) is 0 Å². The molecule has 0 unspecified atom stereocenters. The fraction of sp³-hybridized carbons (Fsp3) is 0.286. The van der Waals surface area contributed by atoms with Crippen LogP contribution in [0.2, 0.25) is 0 Å². The zero-order valence-corrected chi connectivity index (χ0v) is 12.5. The van der Waals surface area contributed by atoms with Crippen molar-refractivity contribution in [3.05, 3.63) is 34.3 Å². The second-order valence-corrected chi connectivity index (χ2v) is 5.61. The van der Waals surface area contributed by atoms with Crippen LogP contribution in [0.25, 0.3) is 5.69 Å². The SMILES string of the molecule is N#Cc1c(N2CCCC2)nn(-c2ccccc2Br)c1N. The minimum absolute atomic E-state index is 0.390. The summed E-state index contributed by atoms with van der Waals surface area (Å²) in [7, 11) is 0. The molecule has 1 fully saturated rings. The van der Waals surface area contributed by atoms with Gasteiger partial charge in [-0.2, -0.15) is 5.26 Å². The van der Waals surface area contributed by atoms with E-state index >= 15 is 0 Å². The highest BCUT2D eigenvalue weighted by Crippen LogP contribution is 2.31. The van der Waals surface area contributed by atoms with Crippen molar-refractivity contribution in [1.82, 2.24) is 9.78 Å². The molecular weight excluding hydrogens is 318 g/mol. The summed E-state index contributed by atoms with van der Waals surface area (Å²) in [5.74, 6) is 1.08. The Morgan fingerprint density at radius 1 is 1.25 bits per heavy atom. The molecule has 1 aliphatic heterocycles. The second-order valence-electron chi connectivity index (χ2n) is 4.75. The number of nitrogen functional groups attached to an aromatic ring is 1. The third kappa shape index (κ3) is 2.04. The number of anilines is 2. The highest BCUT2D eigenvalue weighted by atomic mass is 79.9. The van der Waals surface area contributed by atoms with Gasteiger partial charge in [0.05, 0.1) is 5.69 Å². The minimum Gasteiger partial charge on any atom is -0.382 e. The lowest BCUT2D eigenvalue weighted by molar-refractivity contribution is 0.847. The van der Waals surface area contributed by atoms with Crippen molar-refractivity contribution in [1.29, 1.82) is 5.26 Å². The first-order valence-electron chi connectivity index (χ1n) is 6.51. The molecule has 0 spiro atoms. The Balaban J connectivity index is 2.14. The number of hydrogen-bond acceptors (Lipinski definition) is 4. The molecule has 1 saturated heterocycles. The lowest BCUT2D eigenvalue weighted by Crippen LogP contribution is -2.19. The van der Waals surface area contributed by atoms with Gasteiger partial charge >= 0.3 is 0 Å². The van der Waals surface area contributed by atoms with Gasteiger partial charge in [-0.3, -0.25) is 0 Å². The van der Waals surface area contributed by atoms with Gasteiger partial charge in [-0.1, -0.05) is 12.1 Å². The van der Waals surface area contributed by atoms with Crippen LogP contribution in [0.5, 0.6) is 0 Å². The van der Waals surface area contributed by atoms with Gasteiger partial charge in [0.25, 0.3) is 0 Å². The first-order chi connectivity index (χ1) is 9.72. The molecule has 0 aliphatic carbocycles. The number of halogens is 1. The van der Waals surface area contributed by atoms with Crippen LogP contribution in [0.3, 0.4) is 0 Å². The van der Waals surface area contributed by atoms with E-state index in [1.54, 1.807) is 4.68 Å². The van der Waals surface area contributed by atoms with E-state index in [1.807, 2.05) is 24.3 Å². The molecule has 2 heterocycles. The lowest BCUT2D eigenvalue weighted by Gasteiger charge is -2.13. The van der Waals surface area contributed by atoms with Crippen LogP contribution in [0.15, 0.2) is 28.7 Å². The molecule has 0 amide bonds. The molecule has 2 N–H and O–H groups in total. The summed E-state index contributed by atoms with van der Waals surface area (Å²) >= 11 is 3.49. The van der Waals surface area contributed by atoms with Crippen LogP contribution < -0.4 is 10.6 Å². The summed E-state index contributed by atoms with van der Waals surface area (Å²) in [6.07, 6.45) is 2.26. The molecule has 0 saturated carbocycles. The van der Waals surface area contributed by atoms with Crippen molar-refractivity contribution >= 4 is 27.6 Å². The summed E-state index contributed by atoms with van der Waals surface area (Å²) < 4.78 is 2.53. The molecule has 5 nitrogen and oxygen atoms in total. The van der Waals surface area contributed by atoms with Crippen LogP contribution in [0.1, 0.15) is 18.4 Å². The van der Waals surface area contributed by atoms with E-state index in [4.69, 9.17) is 5.73 Å². The Morgan fingerprint density at radius 2 is 1.95 bits per heavy atom. The second kappa shape index (κ2) is 5.17. The number of para-hydroxylation sites is 1. The molecule has 0 radical (unpaired) electrons. The molecule has 1 aromatic carbocycles. The molecule has 1 aliphatic rings. The van der Waals surface area contributed by atoms with Crippen molar-refractivity contribution in [3.8, 4) is 11.8 Å². The fourth-order valence-corrected chi connectivity index (χ4v) is 2.94. The van der Waals surface area contributed by atoms with E-state index in [0.29, 0.717) is 17.2 Å². The number of hydrogen-bond donors (Lipinski definition) is 1. The Kier molecular flexibility index (Phi) is 3.36. The molecule has 2 aromatic rings.